The minimum absolute atomic E-state index is 0.0102. The maximum absolute atomic E-state index is 12.4. The molecule has 1 aromatic heterocycles. The summed E-state index contributed by atoms with van der Waals surface area (Å²) in [6, 6.07) is 9.71. The van der Waals surface area contributed by atoms with Gasteiger partial charge in [-0.05, 0) is 6.42 Å². The summed E-state index contributed by atoms with van der Waals surface area (Å²) in [6.45, 7) is 2.57. The highest BCUT2D eigenvalue weighted by Gasteiger charge is 2.17. The number of benzene rings is 1. The topological polar surface area (TPSA) is 83.8 Å². The van der Waals surface area contributed by atoms with Gasteiger partial charge in [0.1, 0.15) is 0 Å². The Morgan fingerprint density at radius 3 is 2.81 bits per heavy atom. The first-order valence-electron chi connectivity index (χ1n) is 7.36. The van der Waals surface area contributed by atoms with Gasteiger partial charge in [0, 0.05) is 18.2 Å². The Balaban J connectivity index is 2.12. The minimum Gasteiger partial charge on any atom is -0.348 e. The molecular formula is C16H22N4O. The van der Waals surface area contributed by atoms with Crippen LogP contribution in [-0.2, 0) is 0 Å². The first-order valence-corrected chi connectivity index (χ1v) is 7.36. The maximum atomic E-state index is 12.4. The van der Waals surface area contributed by atoms with E-state index in [2.05, 4.69) is 22.4 Å². The first-order chi connectivity index (χ1) is 10.3. The van der Waals surface area contributed by atoms with Crippen LogP contribution in [0.25, 0.3) is 11.3 Å². The van der Waals surface area contributed by atoms with Gasteiger partial charge in [-0.15, -0.1) is 0 Å². The van der Waals surface area contributed by atoms with Gasteiger partial charge in [0.15, 0.2) is 0 Å². The highest BCUT2D eigenvalue weighted by molar-refractivity contribution is 5.99. The van der Waals surface area contributed by atoms with Crippen molar-refractivity contribution in [2.75, 3.05) is 6.54 Å². The summed E-state index contributed by atoms with van der Waals surface area (Å²) in [5, 5.41) is 9.88. The molecule has 0 spiro atoms. The summed E-state index contributed by atoms with van der Waals surface area (Å²) < 4.78 is 0. The number of amides is 1. The molecule has 0 radical (unpaired) electrons. The number of nitrogens with two attached hydrogens (primary N) is 1. The number of carbonyl (C=O) groups is 1. The molecule has 1 heterocycles. The van der Waals surface area contributed by atoms with Crippen molar-refractivity contribution in [1.29, 1.82) is 0 Å². The van der Waals surface area contributed by atoms with E-state index in [4.69, 9.17) is 5.73 Å². The van der Waals surface area contributed by atoms with E-state index >= 15 is 0 Å². The highest BCUT2D eigenvalue weighted by atomic mass is 16.1. The molecule has 1 aromatic carbocycles. The SMILES string of the molecule is CCCCC(CN)NC(=O)c1cn[nH]c1-c1ccccc1. The van der Waals surface area contributed by atoms with Gasteiger partial charge in [0.25, 0.3) is 5.91 Å². The Morgan fingerprint density at radius 1 is 1.38 bits per heavy atom. The van der Waals surface area contributed by atoms with E-state index < -0.39 is 0 Å². The fraction of sp³-hybridized carbons (Fsp3) is 0.375. The largest absolute Gasteiger partial charge is 0.348 e. The molecular weight excluding hydrogens is 264 g/mol. The number of hydrogen-bond acceptors (Lipinski definition) is 3. The lowest BCUT2D eigenvalue weighted by atomic mass is 10.1. The number of aromatic amines is 1. The molecule has 4 N–H and O–H groups in total. The van der Waals surface area contributed by atoms with Crippen molar-refractivity contribution in [3.63, 3.8) is 0 Å². The van der Waals surface area contributed by atoms with Gasteiger partial charge in [0.2, 0.25) is 0 Å². The number of nitrogens with zero attached hydrogens (tertiary/aromatic N) is 1. The third-order valence-electron chi connectivity index (χ3n) is 3.47. The molecule has 112 valence electrons. The van der Waals surface area contributed by atoms with Gasteiger partial charge in [0.05, 0.1) is 17.5 Å². The zero-order valence-corrected chi connectivity index (χ0v) is 12.3. The standard InChI is InChI=1S/C16H22N4O/c1-2-3-9-13(10-17)19-16(21)14-11-18-20-15(14)12-7-5-4-6-8-12/h4-8,11,13H,2-3,9-10,17H2,1H3,(H,18,20)(H,19,21). The second kappa shape index (κ2) is 7.59. The van der Waals surface area contributed by atoms with Crippen molar-refractivity contribution in [3.8, 4) is 11.3 Å². The van der Waals surface area contributed by atoms with Gasteiger partial charge >= 0.3 is 0 Å². The van der Waals surface area contributed by atoms with Crippen LogP contribution in [0.1, 0.15) is 36.5 Å². The van der Waals surface area contributed by atoms with Crippen LogP contribution >= 0.6 is 0 Å². The van der Waals surface area contributed by atoms with E-state index in [1.165, 1.54) is 0 Å². The van der Waals surface area contributed by atoms with Crippen molar-refractivity contribution in [2.45, 2.75) is 32.2 Å². The monoisotopic (exact) mass is 286 g/mol. The lowest BCUT2D eigenvalue weighted by Crippen LogP contribution is -2.40. The molecule has 0 fully saturated rings. The van der Waals surface area contributed by atoms with Crippen molar-refractivity contribution < 1.29 is 4.79 Å². The van der Waals surface area contributed by atoms with Gasteiger partial charge in [-0.3, -0.25) is 9.89 Å². The molecule has 5 heteroatoms. The molecule has 21 heavy (non-hydrogen) atoms. The zero-order valence-electron chi connectivity index (χ0n) is 12.3. The Bertz CT molecular complexity index is 565. The Kier molecular flexibility index (Phi) is 5.51. The number of nitrogens with one attached hydrogen (secondary N) is 2. The van der Waals surface area contributed by atoms with Gasteiger partial charge in [-0.2, -0.15) is 5.10 Å². The molecule has 2 aromatic rings. The summed E-state index contributed by atoms with van der Waals surface area (Å²) in [5.74, 6) is -0.130. The Hall–Kier alpha value is -2.14. The number of aromatic nitrogens is 2. The lowest BCUT2D eigenvalue weighted by Gasteiger charge is -2.16. The molecule has 2 rings (SSSR count). The molecule has 0 aliphatic heterocycles. The van der Waals surface area contributed by atoms with Crippen LogP contribution in [-0.4, -0.2) is 28.7 Å². The van der Waals surface area contributed by atoms with E-state index in [1.54, 1.807) is 6.20 Å². The van der Waals surface area contributed by atoms with E-state index in [1.807, 2.05) is 30.3 Å². The smallest absolute Gasteiger partial charge is 0.255 e. The molecule has 0 bridgehead atoms. The molecule has 1 amide bonds. The number of H-pyrrole nitrogens is 1. The normalized spacial score (nSPS) is 12.1. The summed E-state index contributed by atoms with van der Waals surface area (Å²) in [5.41, 5.74) is 7.96. The molecule has 0 aliphatic rings. The predicted molar refractivity (Wildman–Crippen MR) is 83.9 cm³/mol. The summed E-state index contributed by atoms with van der Waals surface area (Å²) >= 11 is 0. The Labute approximate surface area is 124 Å². The van der Waals surface area contributed by atoms with Crippen LogP contribution in [0.4, 0.5) is 0 Å². The van der Waals surface area contributed by atoms with Crippen molar-refractivity contribution >= 4 is 5.91 Å². The number of rotatable bonds is 7. The average molecular weight is 286 g/mol. The molecule has 0 aliphatic carbocycles. The zero-order chi connectivity index (χ0) is 15.1. The summed E-state index contributed by atoms with van der Waals surface area (Å²) in [7, 11) is 0. The second-order valence-electron chi connectivity index (χ2n) is 5.07. The highest BCUT2D eigenvalue weighted by Crippen LogP contribution is 2.20. The second-order valence-corrected chi connectivity index (χ2v) is 5.07. The fourth-order valence-electron chi connectivity index (χ4n) is 2.25. The molecule has 5 nitrogen and oxygen atoms in total. The molecule has 1 atom stereocenters. The van der Waals surface area contributed by atoms with Crippen LogP contribution < -0.4 is 11.1 Å². The molecule has 0 saturated carbocycles. The lowest BCUT2D eigenvalue weighted by molar-refractivity contribution is 0.0936. The Morgan fingerprint density at radius 2 is 2.14 bits per heavy atom. The number of carbonyl (C=O) groups excluding carboxylic acids is 1. The van der Waals surface area contributed by atoms with Crippen molar-refractivity contribution in [2.24, 2.45) is 5.73 Å². The van der Waals surface area contributed by atoms with Crippen LogP contribution in [0.3, 0.4) is 0 Å². The first kappa shape index (κ1) is 15.3. The van der Waals surface area contributed by atoms with Crippen LogP contribution in [0.2, 0.25) is 0 Å². The predicted octanol–water partition coefficient (Wildman–Crippen LogP) is 2.32. The van der Waals surface area contributed by atoms with E-state index in [9.17, 15) is 4.79 Å². The van der Waals surface area contributed by atoms with Gasteiger partial charge in [-0.1, -0.05) is 50.1 Å². The fourth-order valence-corrected chi connectivity index (χ4v) is 2.25. The van der Waals surface area contributed by atoms with E-state index in [0.29, 0.717) is 12.1 Å². The van der Waals surface area contributed by atoms with Crippen molar-refractivity contribution in [3.05, 3.63) is 42.1 Å². The van der Waals surface area contributed by atoms with Crippen LogP contribution in [0, 0.1) is 0 Å². The third-order valence-corrected chi connectivity index (χ3v) is 3.47. The van der Waals surface area contributed by atoms with Crippen LogP contribution in [0.15, 0.2) is 36.5 Å². The van der Waals surface area contributed by atoms with Gasteiger partial charge < -0.3 is 11.1 Å². The van der Waals surface area contributed by atoms with Gasteiger partial charge in [-0.25, -0.2) is 0 Å². The third kappa shape index (κ3) is 3.92. The van der Waals surface area contributed by atoms with Crippen molar-refractivity contribution in [1.82, 2.24) is 15.5 Å². The average Bonchev–Trinajstić information content (AvgIpc) is 3.01. The number of hydrogen-bond donors (Lipinski definition) is 3. The minimum atomic E-state index is -0.130. The van der Waals surface area contributed by atoms with E-state index in [-0.39, 0.29) is 11.9 Å². The van der Waals surface area contributed by atoms with E-state index in [0.717, 1.165) is 30.5 Å². The summed E-state index contributed by atoms with van der Waals surface area (Å²) in [4.78, 5) is 12.4. The quantitative estimate of drug-likeness (QED) is 0.730. The molecule has 1 unspecified atom stereocenters. The maximum Gasteiger partial charge on any atom is 0.255 e. The molecule has 0 saturated heterocycles. The number of unbranched alkanes of at least 4 members (excludes halogenated alkanes) is 1. The van der Waals surface area contributed by atoms with Crippen LogP contribution in [0.5, 0.6) is 0 Å². The summed E-state index contributed by atoms with van der Waals surface area (Å²) in [6.07, 6.45) is 4.61.